The third-order valence-electron chi connectivity index (χ3n) is 2.72. The maximum absolute atomic E-state index is 5.82. The first-order valence-corrected chi connectivity index (χ1v) is 7.25. The fourth-order valence-corrected chi connectivity index (χ4v) is 3.85. The number of rotatable bonds is 2. The van der Waals surface area contributed by atoms with E-state index < -0.39 is 0 Å². The van der Waals surface area contributed by atoms with Crippen molar-refractivity contribution < 1.29 is 0 Å². The van der Waals surface area contributed by atoms with Gasteiger partial charge in [0.15, 0.2) is 4.34 Å². The van der Waals surface area contributed by atoms with Gasteiger partial charge in [-0.3, -0.25) is 0 Å². The lowest BCUT2D eigenvalue weighted by molar-refractivity contribution is 1.29. The molecule has 0 bridgehead atoms. The Labute approximate surface area is 114 Å². The van der Waals surface area contributed by atoms with Gasteiger partial charge < -0.3 is 5.73 Å². The van der Waals surface area contributed by atoms with Gasteiger partial charge in [-0.1, -0.05) is 23.9 Å². The topological polar surface area (TPSA) is 38.9 Å². The lowest BCUT2D eigenvalue weighted by Gasteiger charge is -2.02. The summed E-state index contributed by atoms with van der Waals surface area (Å²) < 4.78 is 2.30. The minimum absolute atomic E-state index is 0.837. The summed E-state index contributed by atoms with van der Waals surface area (Å²) in [5.74, 6) is 0. The van der Waals surface area contributed by atoms with Gasteiger partial charge in [0.25, 0.3) is 0 Å². The molecule has 0 radical (unpaired) electrons. The maximum atomic E-state index is 5.82. The number of anilines is 1. The van der Waals surface area contributed by atoms with Crippen LogP contribution in [0.25, 0.3) is 10.2 Å². The van der Waals surface area contributed by atoms with E-state index in [1.165, 1.54) is 9.60 Å². The van der Waals surface area contributed by atoms with Crippen molar-refractivity contribution in [2.45, 2.75) is 16.2 Å². The van der Waals surface area contributed by atoms with Gasteiger partial charge in [0.1, 0.15) is 0 Å². The van der Waals surface area contributed by atoms with Crippen LogP contribution in [0.15, 0.2) is 51.7 Å². The van der Waals surface area contributed by atoms with Crippen molar-refractivity contribution in [3.05, 3.63) is 48.0 Å². The Morgan fingerprint density at radius 1 is 1.17 bits per heavy atom. The summed E-state index contributed by atoms with van der Waals surface area (Å²) >= 11 is 3.41. The van der Waals surface area contributed by atoms with E-state index in [0.29, 0.717) is 0 Å². The second-order valence-electron chi connectivity index (χ2n) is 4.07. The van der Waals surface area contributed by atoms with Gasteiger partial charge in [-0.2, -0.15) is 0 Å². The first-order chi connectivity index (χ1) is 8.72. The van der Waals surface area contributed by atoms with E-state index in [2.05, 4.69) is 17.1 Å². The summed E-state index contributed by atoms with van der Waals surface area (Å²) in [7, 11) is 0. The van der Waals surface area contributed by atoms with Crippen LogP contribution in [0.5, 0.6) is 0 Å². The highest BCUT2D eigenvalue weighted by Gasteiger charge is 2.05. The molecular formula is C14H12N2S2. The number of hydrogen-bond donors (Lipinski definition) is 1. The van der Waals surface area contributed by atoms with Crippen LogP contribution in [0, 0.1) is 6.92 Å². The minimum atomic E-state index is 0.837. The van der Waals surface area contributed by atoms with Crippen molar-refractivity contribution in [1.29, 1.82) is 0 Å². The highest BCUT2D eigenvalue weighted by Crippen LogP contribution is 2.35. The fraction of sp³-hybridized carbons (Fsp3) is 0.0714. The van der Waals surface area contributed by atoms with E-state index in [4.69, 9.17) is 5.73 Å². The number of fused-ring (bicyclic) bond motifs is 1. The van der Waals surface area contributed by atoms with Gasteiger partial charge in [-0.25, -0.2) is 4.98 Å². The van der Waals surface area contributed by atoms with Crippen LogP contribution in [-0.4, -0.2) is 4.98 Å². The van der Waals surface area contributed by atoms with Crippen LogP contribution in [-0.2, 0) is 0 Å². The third-order valence-corrected chi connectivity index (χ3v) is 4.81. The number of nitrogens with two attached hydrogens (primary N) is 1. The van der Waals surface area contributed by atoms with E-state index in [1.807, 2.05) is 37.3 Å². The highest BCUT2D eigenvalue weighted by atomic mass is 32.2. The fourth-order valence-electron chi connectivity index (χ4n) is 1.71. The molecule has 0 fully saturated rings. The van der Waals surface area contributed by atoms with Gasteiger partial charge in [0.2, 0.25) is 0 Å². The Hall–Kier alpha value is -1.52. The normalized spacial score (nSPS) is 10.9. The largest absolute Gasteiger partial charge is 0.399 e. The predicted molar refractivity (Wildman–Crippen MR) is 79.3 cm³/mol. The quantitative estimate of drug-likeness (QED) is 0.705. The molecular weight excluding hydrogens is 260 g/mol. The van der Waals surface area contributed by atoms with E-state index >= 15 is 0 Å². The molecule has 0 saturated carbocycles. The monoisotopic (exact) mass is 272 g/mol. The number of nitrogens with zero attached hydrogens (tertiary/aromatic N) is 1. The van der Waals surface area contributed by atoms with Crippen LogP contribution in [0.4, 0.5) is 5.69 Å². The molecule has 0 aliphatic carbocycles. The molecule has 4 heteroatoms. The molecule has 0 aliphatic heterocycles. The van der Waals surface area contributed by atoms with E-state index in [9.17, 15) is 0 Å². The molecule has 0 unspecified atom stereocenters. The second-order valence-corrected chi connectivity index (χ2v) is 6.42. The van der Waals surface area contributed by atoms with Gasteiger partial charge in [0.05, 0.1) is 10.2 Å². The van der Waals surface area contributed by atoms with E-state index in [0.717, 1.165) is 21.1 Å². The molecule has 0 aliphatic rings. The Balaban J connectivity index is 1.93. The first-order valence-electron chi connectivity index (χ1n) is 5.62. The summed E-state index contributed by atoms with van der Waals surface area (Å²) in [5.41, 5.74) is 8.84. The molecule has 1 heterocycles. The van der Waals surface area contributed by atoms with Gasteiger partial charge >= 0.3 is 0 Å². The van der Waals surface area contributed by atoms with Crippen molar-refractivity contribution in [3.8, 4) is 0 Å². The molecule has 0 amide bonds. The van der Waals surface area contributed by atoms with Crippen molar-refractivity contribution >= 4 is 39.0 Å². The lowest BCUT2D eigenvalue weighted by atomic mass is 10.2. The number of benzene rings is 2. The van der Waals surface area contributed by atoms with Gasteiger partial charge in [-0.15, -0.1) is 11.3 Å². The van der Waals surface area contributed by atoms with Crippen LogP contribution in [0.3, 0.4) is 0 Å². The van der Waals surface area contributed by atoms with Crippen LogP contribution in [0.1, 0.15) is 5.56 Å². The Morgan fingerprint density at radius 2 is 2.00 bits per heavy atom. The molecule has 2 aromatic carbocycles. The number of aryl methyl sites for hydroxylation is 1. The summed E-state index contributed by atoms with van der Waals surface area (Å²) in [4.78, 5) is 5.79. The first kappa shape index (κ1) is 11.6. The standard InChI is InChI=1S/C14H12N2S2/c1-9-8-10(6-7-11(9)15)17-14-16-12-4-2-3-5-13(12)18-14/h2-8H,15H2,1H3. The molecule has 18 heavy (non-hydrogen) atoms. The Kier molecular flexibility index (Phi) is 2.97. The smallest absolute Gasteiger partial charge is 0.155 e. The molecule has 90 valence electrons. The van der Waals surface area contributed by atoms with Crippen molar-refractivity contribution in [3.63, 3.8) is 0 Å². The van der Waals surface area contributed by atoms with Crippen molar-refractivity contribution in [2.75, 3.05) is 5.73 Å². The highest BCUT2D eigenvalue weighted by molar-refractivity contribution is 8.01. The van der Waals surface area contributed by atoms with Crippen LogP contribution < -0.4 is 5.73 Å². The number of para-hydroxylation sites is 1. The Bertz CT molecular complexity index is 671. The number of aromatic nitrogens is 1. The number of hydrogen-bond acceptors (Lipinski definition) is 4. The second kappa shape index (κ2) is 4.63. The zero-order chi connectivity index (χ0) is 12.5. The lowest BCUT2D eigenvalue weighted by Crippen LogP contribution is -1.88. The van der Waals surface area contributed by atoms with Crippen LogP contribution in [0.2, 0.25) is 0 Å². The molecule has 3 aromatic rings. The molecule has 2 N–H and O–H groups in total. The summed E-state index contributed by atoms with van der Waals surface area (Å²) in [6, 6.07) is 14.3. The summed E-state index contributed by atoms with van der Waals surface area (Å²) in [6.45, 7) is 2.03. The zero-order valence-electron chi connectivity index (χ0n) is 9.88. The average molecular weight is 272 g/mol. The van der Waals surface area contributed by atoms with Crippen LogP contribution >= 0.6 is 23.1 Å². The zero-order valence-corrected chi connectivity index (χ0v) is 11.5. The van der Waals surface area contributed by atoms with Crippen molar-refractivity contribution in [1.82, 2.24) is 4.98 Å². The number of nitrogen functional groups attached to an aromatic ring is 1. The van der Waals surface area contributed by atoms with E-state index in [-0.39, 0.29) is 0 Å². The Morgan fingerprint density at radius 3 is 2.78 bits per heavy atom. The summed E-state index contributed by atoms with van der Waals surface area (Å²) in [5, 5.41) is 0. The molecule has 3 rings (SSSR count). The van der Waals surface area contributed by atoms with Gasteiger partial charge in [0, 0.05) is 10.6 Å². The molecule has 1 aromatic heterocycles. The average Bonchev–Trinajstić information content (AvgIpc) is 2.76. The minimum Gasteiger partial charge on any atom is -0.399 e. The molecule has 0 spiro atoms. The molecule has 0 atom stereocenters. The molecule has 0 saturated heterocycles. The van der Waals surface area contributed by atoms with Gasteiger partial charge in [-0.05, 0) is 42.8 Å². The molecule has 2 nitrogen and oxygen atoms in total. The third kappa shape index (κ3) is 2.21. The maximum Gasteiger partial charge on any atom is 0.155 e. The van der Waals surface area contributed by atoms with Crippen molar-refractivity contribution in [2.24, 2.45) is 0 Å². The number of thiazole rings is 1. The summed E-state index contributed by atoms with van der Waals surface area (Å²) in [6.07, 6.45) is 0. The predicted octanol–water partition coefficient (Wildman–Crippen LogP) is 4.34. The van der Waals surface area contributed by atoms with E-state index in [1.54, 1.807) is 23.1 Å². The SMILES string of the molecule is Cc1cc(Sc2nc3ccccc3s2)ccc1N.